The molecule has 11 heteroatoms. The molecule has 2 heterocycles. The van der Waals surface area contributed by atoms with Gasteiger partial charge < -0.3 is 25.0 Å². The van der Waals surface area contributed by atoms with Crippen LogP contribution in [-0.4, -0.2) is 92.9 Å². The molecular formula is C20H29N7O4. The van der Waals surface area contributed by atoms with Gasteiger partial charge >= 0.3 is 0 Å². The van der Waals surface area contributed by atoms with Crippen LogP contribution in [0.4, 0.5) is 5.69 Å². The fourth-order valence-corrected chi connectivity index (χ4v) is 3.48. The highest BCUT2D eigenvalue weighted by molar-refractivity contribution is 5.99. The summed E-state index contributed by atoms with van der Waals surface area (Å²) in [5.74, 6) is -0.0596. The molecule has 1 aliphatic rings. The number of amides is 2. The Labute approximate surface area is 181 Å². The van der Waals surface area contributed by atoms with Gasteiger partial charge in [0.15, 0.2) is 0 Å². The highest BCUT2D eigenvalue weighted by Crippen LogP contribution is 2.30. The number of benzene rings is 1. The Bertz CT molecular complexity index is 903. The maximum atomic E-state index is 13.3. The number of rotatable bonds is 7. The van der Waals surface area contributed by atoms with Gasteiger partial charge in [0, 0.05) is 24.7 Å². The van der Waals surface area contributed by atoms with Gasteiger partial charge in [0.25, 0.3) is 5.91 Å². The Hall–Kier alpha value is -3.05. The second-order valence-electron chi connectivity index (χ2n) is 8.15. The van der Waals surface area contributed by atoms with Crippen LogP contribution in [0.15, 0.2) is 24.5 Å². The molecule has 0 unspecified atom stereocenters. The predicted molar refractivity (Wildman–Crippen MR) is 113 cm³/mol. The van der Waals surface area contributed by atoms with Gasteiger partial charge in [-0.05, 0) is 49.6 Å². The Morgan fingerprint density at radius 3 is 2.84 bits per heavy atom. The van der Waals surface area contributed by atoms with E-state index in [2.05, 4.69) is 20.8 Å². The number of hydrogen-bond acceptors (Lipinski definition) is 8. The van der Waals surface area contributed by atoms with Crippen molar-refractivity contribution in [1.29, 1.82) is 0 Å². The molecule has 0 saturated carbocycles. The minimum atomic E-state index is -0.348. The highest BCUT2D eigenvalue weighted by Gasteiger charge is 2.33. The normalized spacial score (nSPS) is 19.9. The lowest BCUT2D eigenvalue weighted by molar-refractivity contribution is -0.116. The monoisotopic (exact) mass is 431 g/mol. The van der Waals surface area contributed by atoms with Gasteiger partial charge in [-0.1, -0.05) is 6.92 Å². The van der Waals surface area contributed by atoms with Crippen molar-refractivity contribution in [1.82, 2.24) is 30.0 Å². The standard InChI is InChI=1S/C20H29N7O4/c1-13-8-27(14(2)11-28)20(30)16-7-15(22-19(29)10-26-12-21-23-24-26)5-6-17(16)31-18(13)9-25(3)4/h5-7,12-14,18,28H,8-11H2,1-4H3,(H,22,29)/t13-,14-,18+/m0/s1. The summed E-state index contributed by atoms with van der Waals surface area (Å²) >= 11 is 0. The fraction of sp³-hybridized carbons (Fsp3) is 0.550. The summed E-state index contributed by atoms with van der Waals surface area (Å²) in [5.41, 5.74) is 0.805. The molecule has 2 amide bonds. The third-order valence-electron chi connectivity index (χ3n) is 5.19. The van der Waals surface area contributed by atoms with Crippen molar-refractivity contribution in [3.63, 3.8) is 0 Å². The first-order valence-electron chi connectivity index (χ1n) is 10.2. The van der Waals surface area contributed by atoms with Crippen LogP contribution in [0, 0.1) is 5.92 Å². The minimum absolute atomic E-state index is 0.0510. The number of ether oxygens (including phenoxy) is 1. The Morgan fingerprint density at radius 2 is 2.19 bits per heavy atom. The lowest BCUT2D eigenvalue weighted by Gasteiger charge is -2.37. The van der Waals surface area contributed by atoms with Crippen LogP contribution in [0.2, 0.25) is 0 Å². The van der Waals surface area contributed by atoms with Crippen LogP contribution in [0.3, 0.4) is 0 Å². The van der Waals surface area contributed by atoms with Crippen LogP contribution in [0.25, 0.3) is 0 Å². The molecule has 1 aromatic heterocycles. The average molecular weight is 431 g/mol. The number of aliphatic hydroxyl groups excluding tert-OH is 1. The van der Waals surface area contributed by atoms with E-state index in [0.29, 0.717) is 30.1 Å². The summed E-state index contributed by atoms with van der Waals surface area (Å²) in [7, 11) is 3.94. The summed E-state index contributed by atoms with van der Waals surface area (Å²) in [6.07, 6.45) is 1.20. The quantitative estimate of drug-likeness (QED) is 0.632. The maximum Gasteiger partial charge on any atom is 0.258 e. The zero-order chi connectivity index (χ0) is 22.5. The van der Waals surface area contributed by atoms with E-state index in [1.54, 1.807) is 23.1 Å². The van der Waals surface area contributed by atoms with Crippen LogP contribution in [0.1, 0.15) is 24.2 Å². The molecule has 2 aromatic rings. The molecule has 0 aliphatic carbocycles. The highest BCUT2D eigenvalue weighted by atomic mass is 16.5. The smallest absolute Gasteiger partial charge is 0.258 e. The molecule has 3 rings (SSSR count). The van der Waals surface area contributed by atoms with E-state index in [-0.39, 0.29) is 43.0 Å². The summed E-state index contributed by atoms with van der Waals surface area (Å²) in [6, 6.07) is 4.65. The predicted octanol–water partition coefficient (Wildman–Crippen LogP) is 0.0935. The molecule has 0 fully saturated rings. The van der Waals surface area contributed by atoms with Gasteiger partial charge in [-0.3, -0.25) is 9.59 Å². The number of carbonyl (C=O) groups excluding carboxylic acids is 2. The number of anilines is 1. The first kappa shape index (κ1) is 22.6. The number of carbonyl (C=O) groups is 2. The number of fused-ring (bicyclic) bond motifs is 1. The summed E-state index contributed by atoms with van der Waals surface area (Å²) in [6.45, 7) is 4.79. The number of aromatic nitrogens is 4. The van der Waals surface area contributed by atoms with Gasteiger partial charge in [-0.2, -0.15) is 0 Å². The molecule has 31 heavy (non-hydrogen) atoms. The number of nitrogens with zero attached hydrogens (tertiary/aromatic N) is 6. The van der Waals surface area contributed by atoms with E-state index in [9.17, 15) is 14.7 Å². The number of aliphatic hydroxyl groups is 1. The number of tetrazole rings is 1. The van der Waals surface area contributed by atoms with Crippen LogP contribution >= 0.6 is 0 Å². The number of likely N-dealkylation sites (N-methyl/N-ethyl adjacent to an activating group) is 1. The summed E-state index contributed by atoms with van der Waals surface area (Å²) in [4.78, 5) is 29.3. The van der Waals surface area contributed by atoms with Crippen LogP contribution in [-0.2, 0) is 11.3 Å². The van der Waals surface area contributed by atoms with Gasteiger partial charge in [0.2, 0.25) is 5.91 Å². The third kappa shape index (κ3) is 5.56. The Balaban J connectivity index is 1.90. The largest absolute Gasteiger partial charge is 0.488 e. The van der Waals surface area contributed by atoms with Gasteiger partial charge in [-0.25, -0.2) is 4.68 Å². The molecule has 0 saturated heterocycles. The zero-order valence-corrected chi connectivity index (χ0v) is 18.2. The van der Waals surface area contributed by atoms with Crippen molar-refractivity contribution in [2.24, 2.45) is 5.92 Å². The Morgan fingerprint density at radius 1 is 1.42 bits per heavy atom. The van der Waals surface area contributed by atoms with Crippen molar-refractivity contribution in [2.75, 3.05) is 39.1 Å². The van der Waals surface area contributed by atoms with Crippen LogP contribution < -0.4 is 10.1 Å². The van der Waals surface area contributed by atoms with Crippen molar-refractivity contribution >= 4 is 17.5 Å². The molecular weight excluding hydrogens is 402 g/mol. The second kappa shape index (κ2) is 9.84. The second-order valence-corrected chi connectivity index (χ2v) is 8.15. The number of hydrogen-bond donors (Lipinski definition) is 2. The average Bonchev–Trinajstić information content (AvgIpc) is 3.23. The lowest BCUT2D eigenvalue weighted by Crippen LogP contribution is -2.49. The van der Waals surface area contributed by atoms with E-state index in [4.69, 9.17) is 4.74 Å². The fourth-order valence-electron chi connectivity index (χ4n) is 3.48. The van der Waals surface area contributed by atoms with Gasteiger partial charge in [0.05, 0.1) is 18.2 Å². The molecule has 1 aliphatic heterocycles. The summed E-state index contributed by atoms with van der Waals surface area (Å²) < 4.78 is 7.54. The number of nitrogens with one attached hydrogen (secondary N) is 1. The minimum Gasteiger partial charge on any atom is -0.488 e. The molecule has 3 atom stereocenters. The van der Waals surface area contributed by atoms with Crippen molar-refractivity contribution in [2.45, 2.75) is 32.5 Å². The van der Waals surface area contributed by atoms with Crippen molar-refractivity contribution in [3.05, 3.63) is 30.1 Å². The summed E-state index contributed by atoms with van der Waals surface area (Å²) in [5, 5.41) is 23.1. The SMILES string of the molecule is C[C@H]1CN([C@@H](C)CO)C(=O)c2cc(NC(=O)Cn3cnnn3)ccc2O[C@@H]1CN(C)C. The van der Waals surface area contributed by atoms with Crippen molar-refractivity contribution in [3.8, 4) is 5.75 Å². The van der Waals surface area contributed by atoms with E-state index < -0.39 is 0 Å². The maximum absolute atomic E-state index is 13.3. The first-order chi connectivity index (χ1) is 14.8. The van der Waals surface area contributed by atoms with Crippen LogP contribution in [0.5, 0.6) is 5.75 Å². The molecule has 0 bridgehead atoms. The van der Waals surface area contributed by atoms with E-state index in [0.717, 1.165) is 0 Å². The molecule has 168 valence electrons. The topological polar surface area (TPSA) is 126 Å². The van der Waals surface area contributed by atoms with Crippen molar-refractivity contribution < 1.29 is 19.4 Å². The first-order valence-corrected chi connectivity index (χ1v) is 10.2. The third-order valence-corrected chi connectivity index (χ3v) is 5.19. The molecule has 11 nitrogen and oxygen atoms in total. The van der Waals surface area contributed by atoms with Gasteiger partial charge in [0.1, 0.15) is 24.7 Å². The lowest BCUT2D eigenvalue weighted by atomic mass is 9.99. The van der Waals surface area contributed by atoms with Gasteiger partial charge in [-0.15, -0.1) is 5.10 Å². The molecule has 0 radical (unpaired) electrons. The Kier molecular flexibility index (Phi) is 7.18. The molecule has 1 aromatic carbocycles. The molecule has 0 spiro atoms. The van der Waals surface area contributed by atoms with E-state index in [1.807, 2.05) is 32.8 Å². The van der Waals surface area contributed by atoms with E-state index >= 15 is 0 Å². The van der Waals surface area contributed by atoms with E-state index in [1.165, 1.54) is 11.0 Å². The zero-order valence-electron chi connectivity index (χ0n) is 18.2. The molecule has 2 N–H and O–H groups in total.